The van der Waals surface area contributed by atoms with Crippen molar-refractivity contribution in [2.45, 2.75) is 12.5 Å². The number of benzene rings is 1. The van der Waals surface area contributed by atoms with Crippen molar-refractivity contribution in [3.63, 3.8) is 0 Å². The van der Waals surface area contributed by atoms with E-state index < -0.39 is 17.5 Å². The van der Waals surface area contributed by atoms with E-state index in [4.69, 9.17) is 4.74 Å². The summed E-state index contributed by atoms with van der Waals surface area (Å²) in [4.78, 5) is 26.5. The minimum Gasteiger partial charge on any atom is -0.545 e. The molecule has 0 aliphatic heterocycles. The molecule has 0 aliphatic rings. The predicted octanol–water partition coefficient (Wildman–Crippen LogP) is 1.03. The third-order valence-electron chi connectivity index (χ3n) is 3.14. The fourth-order valence-electron chi connectivity index (χ4n) is 2.03. The van der Waals surface area contributed by atoms with E-state index in [1.165, 1.54) is 0 Å². The molecule has 0 saturated carbocycles. The SMILES string of the molecule is CC(OC(=O)/C=C\C(=O)[O-])(c1ccccc1)c1ccccn1.CNC. The molecule has 1 unspecified atom stereocenters. The Morgan fingerprint density at radius 2 is 1.68 bits per heavy atom. The van der Waals surface area contributed by atoms with Crippen LogP contribution in [0.2, 0.25) is 0 Å². The number of hydrogen-bond donors (Lipinski definition) is 1. The van der Waals surface area contributed by atoms with E-state index in [0.29, 0.717) is 11.8 Å². The summed E-state index contributed by atoms with van der Waals surface area (Å²) in [7, 11) is 3.75. The summed E-state index contributed by atoms with van der Waals surface area (Å²) in [6.45, 7) is 1.70. The first-order valence-corrected chi connectivity index (χ1v) is 7.61. The van der Waals surface area contributed by atoms with Crippen LogP contribution in [0.5, 0.6) is 0 Å². The maximum Gasteiger partial charge on any atom is 0.332 e. The Labute approximate surface area is 147 Å². The van der Waals surface area contributed by atoms with Gasteiger partial charge >= 0.3 is 5.97 Å². The first kappa shape index (κ1) is 20.1. The lowest BCUT2D eigenvalue weighted by Gasteiger charge is -2.29. The molecule has 1 aromatic carbocycles. The molecule has 0 saturated heterocycles. The molecule has 0 spiro atoms. The highest BCUT2D eigenvalue weighted by molar-refractivity contribution is 5.90. The molecule has 25 heavy (non-hydrogen) atoms. The number of nitrogens with zero attached hydrogens (tertiary/aromatic N) is 1. The molecule has 1 aromatic heterocycles. The van der Waals surface area contributed by atoms with Crippen molar-refractivity contribution in [1.82, 2.24) is 10.3 Å². The van der Waals surface area contributed by atoms with E-state index in [1.54, 1.807) is 31.3 Å². The maximum absolute atomic E-state index is 11.9. The lowest BCUT2D eigenvalue weighted by Crippen LogP contribution is -2.31. The quantitative estimate of drug-likeness (QED) is 0.645. The average Bonchev–Trinajstić information content (AvgIpc) is 2.62. The Kier molecular flexibility index (Phi) is 8.02. The number of rotatable bonds is 5. The molecular formula is C19H21N2O4-. The zero-order valence-electron chi connectivity index (χ0n) is 14.4. The van der Waals surface area contributed by atoms with E-state index in [1.807, 2.05) is 44.4 Å². The van der Waals surface area contributed by atoms with Crippen molar-refractivity contribution in [2.75, 3.05) is 14.1 Å². The normalized spacial score (nSPS) is 12.6. The van der Waals surface area contributed by atoms with Gasteiger partial charge in [-0.3, -0.25) is 4.98 Å². The number of hydrogen-bond acceptors (Lipinski definition) is 6. The number of carboxylic acids is 1. The Morgan fingerprint density at radius 1 is 1.08 bits per heavy atom. The van der Waals surface area contributed by atoms with Gasteiger partial charge < -0.3 is 20.0 Å². The van der Waals surface area contributed by atoms with Gasteiger partial charge in [-0.25, -0.2) is 4.79 Å². The maximum atomic E-state index is 11.9. The second-order valence-corrected chi connectivity index (χ2v) is 5.19. The van der Waals surface area contributed by atoms with E-state index in [0.717, 1.165) is 11.6 Å². The Balaban J connectivity index is 0.000000970. The molecule has 132 valence electrons. The Bertz CT molecular complexity index is 660. The molecule has 6 heteroatoms. The lowest BCUT2D eigenvalue weighted by atomic mass is 9.91. The van der Waals surface area contributed by atoms with Crippen molar-refractivity contribution in [3.05, 3.63) is 78.1 Å². The fraction of sp³-hybridized carbons (Fsp3) is 0.211. The molecular weight excluding hydrogens is 320 g/mol. The molecule has 0 bridgehead atoms. The highest BCUT2D eigenvalue weighted by Gasteiger charge is 2.34. The fourth-order valence-corrected chi connectivity index (χ4v) is 2.03. The summed E-state index contributed by atoms with van der Waals surface area (Å²) >= 11 is 0. The smallest absolute Gasteiger partial charge is 0.332 e. The summed E-state index contributed by atoms with van der Waals surface area (Å²) in [5.74, 6) is -2.25. The summed E-state index contributed by atoms with van der Waals surface area (Å²) in [6, 6.07) is 14.4. The number of ether oxygens (including phenoxy) is 1. The number of carbonyl (C=O) groups is 2. The molecule has 1 N–H and O–H groups in total. The van der Waals surface area contributed by atoms with Gasteiger partial charge in [-0.05, 0) is 39.2 Å². The highest BCUT2D eigenvalue weighted by atomic mass is 16.6. The molecule has 1 atom stereocenters. The Morgan fingerprint density at radius 3 is 2.20 bits per heavy atom. The molecule has 0 amide bonds. The van der Waals surface area contributed by atoms with E-state index in [2.05, 4.69) is 10.3 Å². The number of pyridine rings is 1. The topological polar surface area (TPSA) is 91.4 Å². The monoisotopic (exact) mass is 341 g/mol. The van der Waals surface area contributed by atoms with Gasteiger partial charge in [-0.15, -0.1) is 0 Å². The molecule has 0 radical (unpaired) electrons. The number of esters is 1. The average molecular weight is 341 g/mol. The zero-order valence-corrected chi connectivity index (χ0v) is 14.4. The number of aromatic nitrogens is 1. The van der Waals surface area contributed by atoms with Crippen LogP contribution in [0.1, 0.15) is 18.2 Å². The zero-order chi connectivity index (χ0) is 18.7. The molecule has 6 nitrogen and oxygen atoms in total. The summed E-state index contributed by atoms with van der Waals surface area (Å²) in [6.07, 6.45) is 3.05. The van der Waals surface area contributed by atoms with E-state index >= 15 is 0 Å². The minimum absolute atomic E-state index is 0.538. The van der Waals surface area contributed by atoms with Crippen LogP contribution in [0.25, 0.3) is 0 Å². The largest absolute Gasteiger partial charge is 0.545 e. The number of aliphatic carboxylic acids is 1. The van der Waals surface area contributed by atoms with Crippen LogP contribution in [-0.4, -0.2) is 31.0 Å². The number of nitrogens with one attached hydrogen (secondary N) is 1. The second-order valence-electron chi connectivity index (χ2n) is 5.19. The van der Waals surface area contributed by atoms with Gasteiger partial charge in [0.15, 0.2) is 5.60 Å². The van der Waals surface area contributed by atoms with Gasteiger partial charge in [-0.2, -0.15) is 0 Å². The second kappa shape index (κ2) is 10.00. The van der Waals surface area contributed by atoms with E-state index in [9.17, 15) is 14.7 Å². The van der Waals surface area contributed by atoms with Crippen LogP contribution in [0, 0.1) is 0 Å². The van der Waals surface area contributed by atoms with Crippen molar-refractivity contribution in [1.29, 1.82) is 0 Å². The van der Waals surface area contributed by atoms with Gasteiger partial charge in [0.1, 0.15) is 0 Å². The summed E-state index contributed by atoms with van der Waals surface area (Å²) < 4.78 is 5.48. The predicted molar refractivity (Wildman–Crippen MR) is 92.4 cm³/mol. The van der Waals surface area contributed by atoms with Gasteiger partial charge in [-0.1, -0.05) is 36.4 Å². The highest BCUT2D eigenvalue weighted by Crippen LogP contribution is 2.32. The number of carbonyl (C=O) groups excluding carboxylic acids is 2. The molecule has 0 fully saturated rings. The van der Waals surface area contributed by atoms with Crippen LogP contribution < -0.4 is 10.4 Å². The van der Waals surface area contributed by atoms with Gasteiger partial charge in [0.05, 0.1) is 11.7 Å². The van der Waals surface area contributed by atoms with Crippen molar-refractivity contribution >= 4 is 11.9 Å². The van der Waals surface area contributed by atoms with Crippen molar-refractivity contribution in [2.24, 2.45) is 0 Å². The first-order valence-electron chi connectivity index (χ1n) is 7.61. The summed E-state index contributed by atoms with van der Waals surface area (Å²) in [5, 5.41) is 13.1. The standard InChI is InChI=1S/C17H15NO4.C2H7N/c1-17(13-7-3-2-4-8-13,14-9-5-6-12-18-14)22-16(21)11-10-15(19)20;1-3-2/h2-12H,1H3,(H,19,20);3H,1-2H3/p-1/b11-10-;. The molecule has 2 aromatic rings. The molecule has 1 heterocycles. The van der Waals surface area contributed by atoms with Crippen LogP contribution in [0.15, 0.2) is 66.9 Å². The first-order chi connectivity index (χ1) is 11.9. The third-order valence-corrected chi connectivity index (χ3v) is 3.14. The van der Waals surface area contributed by atoms with Crippen LogP contribution in [0.4, 0.5) is 0 Å². The van der Waals surface area contributed by atoms with Gasteiger partial charge in [0.25, 0.3) is 0 Å². The summed E-state index contributed by atoms with van der Waals surface area (Å²) in [5.41, 5.74) is 0.135. The lowest BCUT2D eigenvalue weighted by molar-refractivity contribution is -0.297. The molecule has 0 aliphatic carbocycles. The van der Waals surface area contributed by atoms with Crippen LogP contribution in [-0.2, 0) is 19.9 Å². The van der Waals surface area contributed by atoms with Gasteiger partial charge in [0, 0.05) is 17.8 Å². The minimum atomic E-state index is -1.46. The third kappa shape index (κ3) is 6.19. The van der Waals surface area contributed by atoms with Crippen molar-refractivity contribution in [3.8, 4) is 0 Å². The van der Waals surface area contributed by atoms with Crippen LogP contribution >= 0.6 is 0 Å². The number of carboxylic acid groups (broad SMARTS) is 1. The molecule has 2 rings (SSSR count). The van der Waals surface area contributed by atoms with Gasteiger partial charge in [0.2, 0.25) is 0 Å². The Hall–Kier alpha value is -2.99. The van der Waals surface area contributed by atoms with E-state index in [-0.39, 0.29) is 0 Å². The van der Waals surface area contributed by atoms with Crippen LogP contribution in [0.3, 0.4) is 0 Å². The van der Waals surface area contributed by atoms with Crippen molar-refractivity contribution < 1.29 is 19.4 Å².